The molecule has 0 amide bonds. The van der Waals surface area contributed by atoms with Crippen LogP contribution in [-0.4, -0.2) is 35.7 Å². The summed E-state index contributed by atoms with van der Waals surface area (Å²) in [5.41, 5.74) is 0. The van der Waals surface area contributed by atoms with Gasteiger partial charge in [0.2, 0.25) is 6.10 Å². The molecule has 0 aliphatic heterocycles. The van der Waals surface area contributed by atoms with Gasteiger partial charge in [-0.3, -0.25) is 0 Å². The van der Waals surface area contributed by atoms with Gasteiger partial charge in [-0.1, -0.05) is 0 Å². The van der Waals surface area contributed by atoms with Crippen molar-refractivity contribution in [3.63, 3.8) is 0 Å². The largest absolute Gasteiger partial charge is 1.00 e. The maximum absolute atomic E-state index is 11.0. The molecular weight excluding hydrogens is 302 g/mol. The fourth-order valence-corrected chi connectivity index (χ4v) is 0.186. The standard InChI is InChI=1S/C3H2F6O.C2HF3O2.Na/c4-2(5,6)1(10)3(7,8)9;3-2(4,5)1(6)7;/h1,10H;(H,6,7);/q;;+1/p-1. The SMILES string of the molecule is O=C([O-])C(F)(F)F.OC(C(F)(F)F)C(F)(F)F.[Na+]. The van der Waals surface area contributed by atoms with Gasteiger partial charge in [0, 0.05) is 0 Å². The van der Waals surface area contributed by atoms with Crippen LogP contribution in [0.5, 0.6) is 0 Å². The fourth-order valence-electron chi connectivity index (χ4n) is 0.186. The molecular formula is C5H2F9NaO3. The molecule has 104 valence electrons. The van der Waals surface area contributed by atoms with Gasteiger partial charge in [0.1, 0.15) is 5.97 Å². The van der Waals surface area contributed by atoms with Crippen molar-refractivity contribution in [3.05, 3.63) is 0 Å². The first-order chi connectivity index (χ1) is 7.10. The van der Waals surface area contributed by atoms with E-state index >= 15 is 0 Å². The first kappa shape index (κ1) is 22.9. The molecule has 0 atom stereocenters. The third kappa shape index (κ3) is 10.9. The Hall–Kier alpha value is -0.200. The van der Waals surface area contributed by atoms with Crippen LogP contribution in [0.15, 0.2) is 0 Å². The number of alkyl halides is 9. The topological polar surface area (TPSA) is 60.4 Å². The van der Waals surface area contributed by atoms with Crippen LogP contribution in [0.25, 0.3) is 0 Å². The van der Waals surface area contributed by atoms with E-state index in [1.54, 1.807) is 0 Å². The van der Waals surface area contributed by atoms with E-state index in [1.165, 1.54) is 0 Å². The van der Waals surface area contributed by atoms with Crippen molar-refractivity contribution in [2.24, 2.45) is 0 Å². The molecule has 0 saturated heterocycles. The van der Waals surface area contributed by atoms with Crippen LogP contribution in [0, 0.1) is 0 Å². The summed E-state index contributed by atoms with van der Waals surface area (Å²) in [6, 6.07) is 0. The second-order valence-electron chi connectivity index (χ2n) is 2.27. The van der Waals surface area contributed by atoms with E-state index in [1.807, 2.05) is 0 Å². The zero-order valence-electron chi connectivity index (χ0n) is 8.24. The number of aliphatic hydroxyl groups excluding tert-OH is 1. The van der Waals surface area contributed by atoms with Crippen LogP contribution >= 0.6 is 0 Å². The van der Waals surface area contributed by atoms with Crippen LogP contribution in [0.4, 0.5) is 39.5 Å². The summed E-state index contributed by atoms with van der Waals surface area (Å²) in [5, 5.41) is 16.3. The second-order valence-corrected chi connectivity index (χ2v) is 2.27. The molecule has 3 nitrogen and oxygen atoms in total. The Balaban J connectivity index is -0.000000251. The van der Waals surface area contributed by atoms with Gasteiger partial charge in [-0.2, -0.15) is 39.5 Å². The van der Waals surface area contributed by atoms with E-state index in [4.69, 9.17) is 15.0 Å². The Morgan fingerprint density at radius 2 is 1.06 bits per heavy atom. The number of carboxylic acids is 1. The molecule has 0 rings (SSSR count). The summed E-state index contributed by atoms with van der Waals surface area (Å²) >= 11 is 0. The van der Waals surface area contributed by atoms with Crippen molar-refractivity contribution in [3.8, 4) is 0 Å². The van der Waals surface area contributed by atoms with Crippen LogP contribution < -0.4 is 34.7 Å². The van der Waals surface area contributed by atoms with Crippen molar-refractivity contribution < 1.29 is 84.1 Å². The molecule has 0 saturated carbocycles. The maximum atomic E-state index is 11.0. The average molecular weight is 304 g/mol. The van der Waals surface area contributed by atoms with Crippen molar-refractivity contribution in [2.75, 3.05) is 0 Å². The summed E-state index contributed by atoms with van der Waals surface area (Å²) in [7, 11) is 0. The smallest absolute Gasteiger partial charge is 0.542 e. The van der Waals surface area contributed by atoms with E-state index < -0.39 is 30.6 Å². The zero-order chi connectivity index (χ0) is 14.7. The molecule has 0 unspecified atom stereocenters. The Labute approximate surface area is 115 Å². The number of carbonyl (C=O) groups excluding carboxylic acids is 1. The predicted molar refractivity (Wildman–Crippen MR) is 29.2 cm³/mol. The number of hydrogen-bond donors (Lipinski definition) is 1. The molecule has 13 heteroatoms. The molecule has 18 heavy (non-hydrogen) atoms. The van der Waals surface area contributed by atoms with Gasteiger partial charge in [0.15, 0.2) is 0 Å². The van der Waals surface area contributed by atoms with E-state index in [2.05, 4.69) is 0 Å². The number of aliphatic carboxylic acids is 1. The van der Waals surface area contributed by atoms with E-state index in [-0.39, 0.29) is 29.6 Å². The Morgan fingerprint density at radius 3 is 1.06 bits per heavy atom. The number of halogens is 9. The minimum Gasteiger partial charge on any atom is -0.542 e. The molecule has 0 aromatic carbocycles. The van der Waals surface area contributed by atoms with E-state index in [0.29, 0.717) is 0 Å². The van der Waals surface area contributed by atoms with Crippen LogP contribution in [-0.2, 0) is 4.79 Å². The summed E-state index contributed by atoms with van der Waals surface area (Å²) in [4.78, 5) is 8.78. The maximum Gasteiger partial charge on any atom is 1.00 e. The Morgan fingerprint density at radius 1 is 0.889 bits per heavy atom. The fraction of sp³-hybridized carbons (Fsp3) is 0.800. The zero-order valence-corrected chi connectivity index (χ0v) is 10.2. The Kier molecular flexibility index (Phi) is 9.43. The first-order valence-corrected chi connectivity index (χ1v) is 3.19. The molecule has 0 aromatic heterocycles. The van der Waals surface area contributed by atoms with E-state index in [9.17, 15) is 39.5 Å². The molecule has 0 aliphatic carbocycles. The van der Waals surface area contributed by atoms with Crippen LogP contribution in [0.3, 0.4) is 0 Å². The molecule has 0 aromatic rings. The number of carboxylic acid groups (broad SMARTS) is 1. The molecule has 1 N–H and O–H groups in total. The quantitative estimate of drug-likeness (QED) is 0.407. The monoisotopic (exact) mass is 304 g/mol. The van der Waals surface area contributed by atoms with Crippen molar-refractivity contribution in [1.82, 2.24) is 0 Å². The third-order valence-corrected chi connectivity index (χ3v) is 0.852. The molecule has 0 bridgehead atoms. The number of carbonyl (C=O) groups is 1. The minimum absolute atomic E-state index is 0. The van der Waals surface area contributed by atoms with Gasteiger partial charge >= 0.3 is 48.1 Å². The average Bonchev–Trinajstić information content (AvgIpc) is 1.98. The summed E-state index contributed by atoms with van der Waals surface area (Å²) in [5.74, 6) is -3.01. The summed E-state index contributed by atoms with van der Waals surface area (Å²) < 4.78 is 97.4. The van der Waals surface area contributed by atoms with Crippen LogP contribution in [0.2, 0.25) is 0 Å². The van der Waals surface area contributed by atoms with Gasteiger partial charge in [-0.25, -0.2) is 0 Å². The minimum atomic E-state index is -5.63. The predicted octanol–water partition coefficient (Wildman–Crippen LogP) is -2.23. The number of aliphatic hydroxyl groups is 1. The van der Waals surface area contributed by atoms with Gasteiger partial charge in [0.05, 0.1) is 0 Å². The van der Waals surface area contributed by atoms with E-state index in [0.717, 1.165) is 0 Å². The normalized spacial score (nSPS) is 12.4. The van der Waals surface area contributed by atoms with Gasteiger partial charge < -0.3 is 15.0 Å². The molecule has 0 aliphatic rings. The molecule has 0 spiro atoms. The van der Waals surface area contributed by atoms with Crippen LogP contribution in [0.1, 0.15) is 0 Å². The molecule has 0 radical (unpaired) electrons. The molecule has 0 fully saturated rings. The van der Waals surface area contributed by atoms with Crippen molar-refractivity contribution in [1.29, 1.82) is 0 Å². The molecule has 0 heterocycles. The summed E-state index contributed by atoms with van der Waals surface area (Å²) in [6.07, 6.45) is -20.7. The van der Waals surface area contributed by atoms with Crippen molar-refractivity contribution in [2.45, 2.75) is 24.6 Å². The van der Waals surface area contributed by atoms with Gasteiger partial charge in [-0.15, -0.1) is 0 Å². The Bertz CT molecular complexity index is 240. The second kappa shape index (κ2) is 7.40. The third-order valence-electron chi connectivity index (χ3n) is 0.852. The number of hydrogen-bond acceptors (Lipinski definition) is 3. The van der Waals surface area contributed by atoms with Gasteiger partial charge in [0.25, 0.3) is 0 Å². The van der Waals surface area contributed by atoms with Gasteiger partial charge in [-0.05, 0) is 0 Å². The number of rotatable bonds is 0. The first-order valence-electron chi connectivity index (χ1n) is 3.19. The van der Waals surface area contributed by atoms with Crippen molar-refractivity contribution >= 4 is 5.97 Å². The summed E-state index contributed by atoms with van der Waals surface area (Å²) in [6.45, 7) is 0.